The van der Waals surface area contributed by atoms with Crippen molar-refractivity contribution < 1.29 is 19.4 Å². The summed E-state index contributed by atoms with van der Waals surface area (Å²) in [5, 5.41) is 11.9. The summed E-state index contributed by atoms with van der Waals surface area (Å²) in [6.07, 6.45) is 3.70. The molecular formula is C14H23NO4. The number of rotatable bonds is 5. The number of aliphatic carboxylic acids is 1. The standard InChI is InChI=1S/C14H23NO4/c1-14(2,3)19-13(18)15-11(12(16)17)10(8-4-5-8)9-6-7-9/h8-11H,4-7H2,1-3H3,(H,15,18)(H,16,17)/t11-/m0/s1. The second-order valence-corrected chi connectivity index (χ2v) is 6.71. The van der Waals surface area contributed by atoms with Gasteiger partial charge in [-0.3, -0.25) is 0 Å². The van der Waals surface area contributed by atoms with Gasteiger partial charge < -0.3 is 15.2 Å². The average Bonchev–Trinajstić information content (AvgIpc) is 3.09. The summed E-state index contributed by atoms with van der Waals surface area (Å²) in [6, 6.07) is -0.810. The highest BCUT2D eigenvalue weighted by Gasteiger charge is 2.48. The van der Waals surface area contributed by atoms with E-state index in [-0.39, 0.29) is 5.92 Å². The third kappa shape index (κ3) is 4.11. The Bertz CT molecular complexity index is 354. The Kier molecular flexibility index (Phi) is 3.74. The summed E-state index contributed by atoms with van der Waals surface area (Å²) in [5.41, 5.74) is -0.609. The number of alkyl carbamates (subject to hydrolysis) is 1. The highest BCUT2D eigenvalue weighted by Crippen LogP contribution is 2.50. The number of amides is 1. The zero-order chi connectivity index (χ0) is 14.2. The Balaban J connectivity index is 1.99. The lowest BCUT2D eigenvalue weighted by atomic mass is 9.89. The number of carbonyl (C=O) groups is 2. The highest BCUT2D eigenvalue weighted by atomic mass is 16.6. The number of nitrogens with one attached hydrogen (secondary N) is 1. The van der Waals surface area contributed by atoms with E-state index in [0.717, 1.165) is 25.7 Å². The predicted octanol–water partition coefficient (Wildman–Crippen LogP) is 2.40. The van der Waals surface area contributed by atoms with E-state index in [0.29, 0.717) is 11.8 Å². The molecule has 0 saturated heterocycles. The number of hydrogen-bond acceptors (Lipinski definition) is 3. The lowest BCUT2D eigenvalue weighted by Gasteiger charge is -2.27. The maximum absolute atomic E-state index is 11.8. The molecule has 2 fully saturated rings. The van der Waals surface area contributed by atoms with Crippen molar-refractivity contribution >= 4 is 12.1 Å². The molecule has 2 N–H and O–H groups in total. The van der Waals surface area contributed by atoms with Gasteiger partial charge in [-0.2, -0.15) is 0 Å². The molecule has 2 aliphatic carbocycles. The third-order valence-electron chi connectivity index (χ3n) is 3.66. The summed E-state index contributed by atoms with van der Waals surface area (Å²) >= 11 is 0. The van der Waals surface area contributed by atoms with Gasteiger partial charge in [-0.25, -0.2) is 9.59 Å². The maximum atomic E-state index is 11.8. The molecule has 0 aromatic rings. The molecule has 1 atom stereocenters. The van der Waals surface area contributed by atoms with Crippen LogP contribution >= 0.6 is 0 Å². The summed E-state index contributed by atoms with van der Waals surface area (Å²) in [4.78, 5) is 23.2. The summed E-state index contributed by atoms with van der Waals surface area (Å²) in [7, 11) is 0. The molecule has 5 nitrogen and oxygen atoms in total. The molecule has 0 bridgehead atoms. The smallest absolute Gasteiger partial charge is 0.408 e. The zero-order valence-corrected chi connectivity index (χ0v) is 11.8. The largest absolute Gasteiger partial charge is 0.480 e. The molecule has 0 heterocycles. The van der Waals surface area contributed by atoms with Gasteiger partial charge >= 0.3 is 12.1 Å². The van der Waals surface area contributed by atoms with Crippen molar-refractivity contribution in [3.8, 4) is 0 Å². The van der Waals surface area contributed by atoms with E-state index in [4.69, 9.17) is 4.74 Å². The molecule has 0 aliphatic heterocycles. The first kappa shape index (κ1) is 14.2. The molecule has 2 saturated carbocycles. The summed E-state index contributed by atoms with van der Waals surface area (Å²) in [5.74, 6) is 0.0479. The summed E-state index contributed by atoms with van der Waals surface area (Å²) < 4.78 is 5.16. The van der Waals surface area contributed by atoms with Crippen LogP contribution in [0.3, 0.4) is 0 Å². The first-order valence-corrected chi connectivity index (χ1v) is 7.00. The predicted molar refractivity (Wildman–Crippen MR) is 69.7 cm³/mol. The van der Waals surface area contributed by atoms with Crippen molar-refractivity contribution in [3.05, 3.63) is 0 Å². The second-order valence-electron chi connectivity index (χ2n) is 6.71. The van der Waals surface area contributed by atoms with Gasteiger partial charge in [0.15, 0.2) is 0 Å². The minimum atomic E-state index is -0.949. The first-order valence-electron chi connectivity index (χ1n) is 7.00. The van der Waals surface area contributed by atoms with Gasteiger partial charge in [0.2, 0.25) is 0 Å². The van der Waals surface area contributed by atoms with Crippen LogP contribution in [-0.4, -0.2) is 28.8 Å². The Hall–Kier alpha value is -1.26. The van der Waals surface area contributed by atoms with Crippen molar-refractivity contribution in [2.75, 3.05) is 0 Å². The highest BCUT2D eigenvalue weighted by molar-refractivity contribution is 5.80. The average molecular weight is 269 g/mol. The quantitative estimate of drug-likeness (QED) is 0.803. The van der Waals surface area contributed by atoms with Gasteiger partial charge in [0.05, 0.1) is 0 Å². The fourth-order valence-corrected chi connectivity index (χ4v) is 2.65. The number of carboxylic acid groups (broad SMARTS) is 1. The van der Waals surface area contributed by atoms with Crippen molar-refractivity contribution in [2.24, 2.45) is 17.8 Å². The van der Waals surface area contributed by atoms with Gasteiger partial charge in [-0.05, 0) is 64.2 Å². The SMILES string of the molecule is CC(C)(C)OC(=O)N[C@H](C(=O)O)C(C1CC1)C1CC1. The Labute approximate surface area is 113 Å². The molecule has 0 aromatic heterocycles. The van der Waals surface area contributed by atoms with E-state index in [9.17, 15) is 14.7 Å². The van der Waals surface area contributed by atoms with E-state index in [1.54, 1.807) is 20.8 Å². The van der Waals surface area contributed by atoms with Crippen molar-refractivity contribution in [2.45, 2.75) is 58.1 Å². The molecule has 2 aliphatic rings. The van der Waals surface area contributed by atoms with E-state index in [2.05, 4.69) is 5.32 Å². The Morgan fingerprint density at radius 2 is 1.63 bits per heavy atom. The van der Waals surface area contributed by atoms with Gasteiger partial charge in [0.25, 0.3) is 0 Å². The lowest BCUT2D eigenvalue weighted by molar-refractivity contribution is -0.141. The van der Waals surface area contributed by atoms with Crippen LogP contribution in [0.2, 0.25) is 0 Å². The molecule has 2 rings (SSSR count). The Morgan fingerprint density at radius 1 is 1.16 bits per heavy atom. The van der Waals surface area contributed by atoms with Gasteiger partial charge in [-0.15, -0.1) is 0 Å². The number of hydrogen-bond donors (Lipinski definition) is 2. The number of ether oxygens (including phenoxy) is 1. The lowest BCUT2D eigenvalue weighted by Crippen LogP contribution is -2.49. The minimum absolute atomic E-state index is 0.0741. The van der Waals surface area contributed by atoms with Crippen LogP contribution in [0.4, 0.5) is 4.79 Å². The normalized spacial score (nSPS) is 21.1. The van der Waals surface area contributed by atoms with Crippen LogP contribution in [0.1, 0.15) is 46.5 Å². The van der Waals surface area contributed by atoms with Gasteiger partial charge in [-0.1, -0.05) is 0 Å². The third-order valence-corrected chi connectivity index (χ3v) is 3.66. The summed E-state index contributed by atoms with van der Waals surface area (Å²) in [6.45, 7) is 5.30. The van der Waals surface area contributed by atoms with E-state index >= 15 is 0 Å². The van der Waals surface area contributed by atoms with Crippen molar-refractivity contribution in [3.63, 3.8) is 0 Å². The molecule has 1 amide bonds. The fraction of sp³-hybridized carbons (Fsp3) is 0.857. The van der Waals surface area contributed by atoms with Crippen molar-refractivity contribution in [1.82, 2.24) is 5.32 Å². The number of carboxylic acids is 1. The minimum Gasteiger partial charge on any atom is -0.480 e. The van der Waals surface area contributed by atoms with Crippen LogP contribution in [0, 0.1) is 17.8 Å². The van der Waals surface area contributed by atoms with Crippen LogP contribution in [-0.2, 0) is 9.53 Å². The first-order chi connectivity index (χ1) is 8.78. The second kappa shape index (κ2) is 5.02. The number of carbonyl (C=O) groups excluding carboxylic acids is 1. The van der Waals surface area contributed by atoms with E-state index in [1.165, 1.54) is 0 Å². The van der Waals surface area contributed by atoms with Crippen LogP contribution in [0.15, 0.2) is 0 Å². The topological polar surface area (TPSA) is 75.6 Å². The van der Waals surface area contributed by atoms with Crippen molar-refractivity contribution in [1.29, 1.82) is 0 Å². The Morgan fingerprint density at radius 3 is 1.95 bits per heavy atom. The molecule has 19 heavy (non-hydrogen) atoms. The molecule has 0 radical (unpaired) electrons. The van der Waals surface area contributed by atoms with Crippen LogP contribution in [0.5, 0.6) is 0 Å². The zero-order valence-electron chi connectivity index (χ0n) is 11.8. The van der Waals surface area contributed by atoms with E-state index in [1.807, 2.05) is 0 Å². The van der Waals surface area contributed by atoms with Crippen LogP contribution < -0.4 is 5.32 Å². The van der Waals surface area contributed by atoms with Gasteiger partial charge in [0, 0.05) is 0 Å². The fourth-order valence-electron chi connectivity index (χ4n) is 2.65. The monoisotopic (exact) mass is 269 g/mol. The maximum Gasteiger partial charge on any atom is 0.408 e. The van der Waals surface area contributed by atoms with E-state index < -0.39 is 23.7 Å². The molecule has 108 valence electrons. The molecule has 0 aromatic carbocycles. The molecule has 0 spiro atoms. The molecule has 0 unspecified atom stereocenters. The van der Waals surface area contributed by atoms with Gasteiger partial charge in [0.1, 0.15) is 11.6 Å². The molecule has 5 heteroatoms. The van der Waals surface area contributed by atoms with Crippen LogP contribution in [0.25, 0.3) is 0 Å². The molecular weight excluding hydrogens is 246 g/mol.